The van der Waals surface area contributed by atoms with Crippen molar-refractivity contribution in [1.29, 1.82) is 0 Å². The van der Waals surface area contributed by atoms with E-state index >= 15 is 0 Å². The summed E-state index contributed by atoms with van der Waals surface area (Å²) in [6, 6.07) is 12.6. The number of hydrogen-bond donors (Lipinski definition) is 3. The SMILES string of the molecule is Cc1cc2occ(COc3cccc4[nH]c(C(=O)NC5CCN(C[C@H](C)N6CC[C@H](O)[C@@H](C)C6)CC5)cc34)c2cc1C.Cl.Cl. The predicted octanol–water partition coefficient (Wildman–Crippen LogP) is 6.24. The van der Waals surface area contributed by atoms with E-state index in [2.05, 4.69) is 59.9 Å². The molecule has 8 nitrogen and oxygen atoms in total. The van der Waals surface area contributed by atoms with Crippen LogP contribution in [0.25, 0.3) is 21.9 Å². The van der Waals surface area contributed by atoms with Crippen molar-refractivity contribution >= 4 is 52.6 Å². The number of aryl methyl sites for hydroxylation is 2. The number of carbonyl (C=O) groups is 1. The number of piperidine rings is 2. The fourth-order valence-electron chi connectivity index (χ4n) is 6.56. The second-order valence-electron chi connectivity index (χ2n) is 12.6. The van der Waals surface area contributed by atoms with Gasteiger partial charge in [0.15, 0.2) is 0 Å². The standard InChI is InChI=1S/C34H44N4O4.2ClH/c1-21-14-27-25(20-42-33(27)15-22(21)2)19-41-32-7-5-6-29-28(32)16-30(36-29)34(40)35-26-8-11-37(12-9-26)18-24(4)38-13-10-31(39)23(3)17-38;;/h5-7,14-16,20,23-24,26,31,36,39H,8-13,17-19H2,1-4H3,(H,35,40);2*1H/t23-,24-,31-;;/m0../s1. The number of H-pyrrole nitrogens is 1. The molecule has 4 heterocycles. The fourth-order valence-corrected chi connectivity index (χ4v) is 6.56. The van der Waals surface area contributed by atoms with Gasteiger partial charge in [-0.3, -0.25) is 9.69 Å². The number of benzene rings is 2. The number of furan rings is 1. The molecular weight excluding hydrogens is 599 g/mol. The number of likely N-dealkylation sites (tertiary alicyclic amines) is 2. The molecule has 240 valence electrons. The van der Waals surface area contributed by atoms with Gasteiger partial charge in [-0.2, -0.15) is 0 Å². The lowest BCUT2D eigenvalue weighted by Gasteiger charge is -2.41. The molecule has 0 bridgehead atoms. The summed E-state index contributed by atoms with van der Waals surface area (Å²) >= 11 is 0. The molecular formula is C34H46Cl2N4O4. The summed E-state index contributed by atoms with van der Waals surface area (Å²) < 4.78 is 12.0. The molecule has 1 amide bonds. The van der Waals surface area contributed by atoms with E-state index in [1.54, 1.807) is 6.26 Å². The summed E-state index contributed by atoms with van der Waals surface area (Å²) in [6.45, 7) is 13.9. The molecule has 0 unspecified atom stereocenters. The number of hydrogen-bond acceptors (Lipinski definition) is 6. The third-order valence-electron chi connectivity index (χ3n) is 9.48. The third-order valence-corrected chi connectivity index (χ3v) is 9.48. The van der Waals surface area contributed by atoms with Crippen LogP contribution in [0.2, 0.25) is 0 Å². The number of ether oxygens (including phenoxy) is 1. The van der Waals surface area contributed by atoms with Crippen molar-refractivity contribution in [3.8, 4) is 5.75 Å². The summed E-state index contributed by atoms with van der Waals surface area (Å²) in [7, 11) is 0. The van der Waals surface area contributed by atoms with Gasteiger partial charge in [0.05, 0.1) is 12.4 Å². The molecule has 2 saturated heterocycles. The Labute approximate surface area is 272 Å². The first-order chi connectivity index (χ1) is 20.2. The van der Waals surface area contributed by atoms with E-state index in [0.29, 0.717) is 24.3 Å². The van der Waals surface area contributed by atoms with Gasteiger partial charge in [0.25, 0.3) is 5.91 Å². The normalized spacial score (nSPS) is 20.7. The maximum absolute atomic E-state index is 13.2. The van der Waals surface area contributed by atoms with Crippen LogP contribution in [0.5, 0.6) is 5.75 Å². The number of nitrogens with zero attached hydrogens (tertiary/aromatic N) is 2. The number of aliphatic hydroxyl groups excluding tert-OH is 1. The van der Waals surface area contributed by atoms with E-state index in [9.17, 15) is 9.90 Å². The van der Waals surface area contributed by atoms with Gasteiger partial charge < -0.3 is 29.5 Å². The minimum atomic E-state index is -0.166. The summed E-state index contributed by atoms with van der Waals surface area (Å²) in [5.74, 6) is 0.998. The van der Waals surface area contributed by atoms with Gasteiger partial charge in [-0.25, -0.2) is 0 Å². The van der Waals surface area contributed by atoms with E-state index in [-0.39, 0.29) is 42.9 Å². The van der Waals surface area contributed by atoms with Crippen molar-refractivity contribution in [2.45, 2.75) is 71.8 Å². The number of halogens is 2. The van der Waals surface area contributed by atoms with Crippen LogP contribution in [-0.4, -0.2) is 76.7 Å². The van der Waals surface area contributed by atoms with E-state index < -0.39 is 0 Å². The second kappa shape index (κ2) is 14.6. The Hall–Kier alpha value is -2.75. The number of rotatable bonds is 8. The highest BCUT2D eigenvalue weighted by atomic mass is 35.5. The Kier molecular flexibility index (Phi) is 11.3. The maximum atomic E-state index is 13.2. The van der Waals surface area contributed by atoms with E-state index in [0.717, 1.165) is 85.2 Å². The van der Waals surface area contributed by atoms with Crippen LogP contribution in [-0.2, 0) is 6.61 Å². The molecule has 3 N–H and O–H groups in total. The van der Waals surface area contributed by atoms with Crippen molar-refractivity contribution in [1.82, 2.24) is 20.1 Å². The quantitative estimate of drug-likeness (QED) is 0.210. The van der Waals surface area contributed by atoms with Crippen LogP contribution in [0, 0.1) is 19.8 Å². The summed E-state index contributed by atoms with van der Waals surface area (Å²) in [6.07, 6.45) is 4.35. The number of carbonyl (C=O) groups excluding carboxylic acids is 1. The maximum Gasteiger partial charge on any atom is 0.267 e. The van der Waals surface area contributed by atoms with Crippen molar-refractivity contribution in [2.75, 3.05) is 32.7 Å². The highest BCUT2D eigenvalue weighted by Crippen LogP contribution is 2.30. The summed E-state index contributed by atoms with van der Waals surface area (Å²) in [4.78, 5) is 21.6. The molecule has 2 fully saturated rings. The number of aliphatic hydroxyl groups is 1. The van der Waals surface area contributed by atoms with Crippen LogP contribution < -0.4 is 10.1 Å². The molecule has 0 saturated carbocycles. The molecule has 2 aliphatic rings. The number of nitrogens with one attached hydrogen (secondary N) is 2. The average Bonchev–Trinajstić information content (AvgIpc) is 3.59. The zero-order valence-electron chi connectivity index (χ0n) is 26.1. The Morgan fingerprint density at radius 1 is 1.09 bits per heavy atom. The zero-order valence-corrected chi connectivity index (χ0v) is 27.7. The molecule has 0 spiro atoms. The first kappa shape index (κ1) is 34.1. The molecule has 2 aliphatic heterocycles. The highest BCUT2D eigenvalue weighted by molar-refractivity contribution is 5.99. The van der Waals surface area contributed by atoms with Crippen molar-refractivity contribution in [2.24, 2.45) is 5.92 Å². The highest BCUT2D eigenvalue weighted by Gasteiger charge is 2.29. The van der Waals surface area contributed by atoms with Gasteiger partial charge in [0.1, 0.15) is 23.6 Å². The first-order valence-corrected chi connectivity index (χ1v) is 15.4. The number of amides is 1. The van der Waals surface area contributed by atoms with Crippen LogP contribution in [0.3, 0.4) is 0 Å². The minimum Gasteiger partial charge on any atom is -0.488 e. The topological polar surface area (TPSA) is 94.0 Å². The Morgan fingerprint density at radius 2 is 1.84 bits per heavy atom. The van der Waals surface area contributed by atoms with E-state index in [1.807, 2.05) is 24.3 Å². The van der Waals surface area contributed by atoms with Crippen molar-refractivity contribution in [3.63, 3.8) is 0 Å². The smallest absolute Gasteiger partial charge is 0.267 e. The lowest BCUT2D eigenvalue weighted by molar-refractivity contribution is 0.0115. The van der Waals surface area contributed by atoms with Crippen LogP contribution in [0.4, 0.5) is 0 Å². The van der Waals surface area contributed by atoms with Gasteiger partial charge in [-0.15, -0.1) is 24.8 Å². The van der Waals surface area contributed by atoms with Gasteiger partial charge in [0.2, 0.25) is 0 Å². The number of aromatic nitrogens is 1. The van der Waals surface area contributed by atoms with Gasteiger partial charge >= 0.3 is 0 Å². The molecule has 44 heavy (non-hydrogen) atoms. The molecule has 0 radical (unpaired) electrons. The fraction of sp³-hybridized carbons (Fsp3) is 0.500. The minimum absolute atomic E-state index is 0. The van der Waals surface area contributed by atoms with E-state index in [4.69, 9.17) is 9.15 Å². The van der Waals surface area contributed by atoms with E-state index in [1.165, 1.54) is 11.1 Å². The van der Waals surface area contributed by atoms with Gasteiger partial charge in [-0.05, 0) is 87.4 Å². The molecule has 10 heteroatoms. The molecule has 3 atom stereocenters. The Balaban J connectivity index is 0.00000221. The largest absolute Gasteiger partial charge is 0.488 e. The molecule has 6 rings (SSSR count). The Bertz CT molecular complexity index is 1560. The molecule has 4 aromatic rings. The van der Waals surface area contributed by atoms with Crippen LogP contribution in [0.1, 0.15) is 60.3 Å². The lowest BCUT2D eigenvalue weighted by atomic mass is 9.95. The molecule has 0 aliphatic carbocycles. The van der Waals surface area contributed by atoms with Gasteiger partial charge in [0, 0.05) is 66.7 Å². The van der Waals surface area contributed by atoms with Crippen molar-refractivity contribution in [3.05, 3.63) is 65.0 Å². The first-order valence-electron chi connectivity index (χ1n) is 15.4. The molecule has 2 aromatic carbocycles. The Morgan fingerprint density at radius 3 is 2.59 bits per heavy atom. The lowest BCUT2D eigenvalue weighted by Crippen LogP contribution is -2.52. The number of aromatic amines is 1. The third kappa shape index (κ3) is 7.37. The van der Waals surface area contributed by atoms with Crippen LogP contribution >= 0.6 is 24.8 Å². The average molecular weight is 646 g/mol. The summed E-state index contributed by atoms with van der Waals surface area (Å²) in [5.41, 5.74) is 5.74. The summed E-state index contributed by atoms with van der Waals surface area (Å²) in [5, 5.41) is 15.3. The monoisotopic (exact) mass is 644 g/mol. The zero-order chi connectivity index (χ0) is 29.4. The van der Waals surface area contributed by atoms with Crippen molar-refractivity contribution < 1.29 is 19.1 Å². The van der Waals surface area contributed by atoms with Gasteiger partial charge in [-0.1, -0.05) is 13.0 Å². The second-order valence-corrected chi connectivity index (χ2v) is 12.6. The predicted molar refractivity (Wildman–Crippen MR) is 181 cm³/mol. The number of fused-ring (bicyclic) bond motifs is 2. The molecule has 2 aromatic heterocycles. The van der Waals surface area contributed by atoms with Crippen LogP contribution in [0.15, 0.2) is 47.1 Å².